The molecule has 0 saturated heterocycles. The largest absolute Gasteiger partial charge is 0.460 e. The molecule has 0 saturated carbocycles. The molecule has 7 heteroatoms. The molecule has 0 aliphatic heterocycles. The van der Waals surface area contributed by atoms with Gasteiger partial charge in [-0.25, -0.2) is 4.79 Å². The molecular weight excluding hydrogens is 372 g/mol. The molecule has 0 fully saturated rings. The first-order valence-corrected chi connectivity index (χ1v) is 9.78. The van der Waals surface area contributed by atoms with Gasteiger partial charge in [0.05, 0.1) is 18.6 Å². The number of hydrogen-bond acceptors (Lipinski definition) is 5. The maximum absolute atomic E-state index is 12.3. The minimum atomic E-state index is -1.13. The van der Waals surface area contributed by atoms with Crippen LogP contribution in [0.3, 0.4) is 0 Å². The van der Waals surface area contributed by atoms with Gasteiger partial charge in [0.2, 0.25) is 0 Å². The minimum absolute atomic E-state index is 0.236. The summed E-state index contributed by atoms with van der Waals surface area (Å²) in [5.41, 5.74) is 0.554. The molecule has 2 rings (SSSR count). The lowest BCUT2D eigenvalue weighted by atomic mass is 9.99. The average Bonchev–Trinajstić information content (AvgIpc) is 2.93. The first-order chi connectivity index (χ1) is 13.3. The Labute approximate surface area is 171 Å². The van der Waals surface area contributed by atoms with Crippen LogP contribution in [0.25, 0.3) is 10.9 Å². The molecular formula is C22H32N2O5. The topological polar surface area (TPSA) is 101 Å². The highest BCUT2D eigenvalue weighted by Crippen LogP contribution is 2.21. The van der Waals surface area contributed by atoms with E-state index in [0.29, 0.717) is 6.42 Å². The third kappa shape index (κ3) is 7.42. The van der Waals surface area contributed by atoms with Crippen molar-refractivity contribution in [2.45, 2.75) is 77.7 Å². The summed E-state index contributed by atoms with van der Waals surface area (Å²) in [6, 6.07) is 7.04. The summed E-state index contributed by atoms with van der Waals surface area (Å²) in [4.78, 5) is 27.7. The van der Waals surface area contributed by atoms with Gasteiger partial charge >= 0.3 is 12.1 Å². The van der Waals surface area contributed by atoms with Crippen LogP contribution in [0.15, 0.2) is 30.5 Å². The van der Waals surface area contributed by atoms with Gasteiger partial charge in [-0.05, 0) is 59.6 Å². The second-order valence-corrected chi connectivity index (χ2v) is 9.17. The zero-order chi connectivity index (χ0) is 21.8. The van der Waals surface area contributed by atoms with Gasteiger partial charge in [-0.1, -0.05) is 18.2 Å². The Bertz CT molecular complexity index is 845. The number of carbonyl (C=O) groups excluding carboxylic acids is 2. The van der Waals surface area contributed by atoms with Gasteiger partial charge in [-0.2, -0.15) is 0 Å². The van der Waals surface area contributed by atoms with Gasteiger partial charge in [0, 0.05) is 17.1 Å². The van der Waals surface area contributed by atoms with Crippen LogP contribution in [0, 0.1) is 0 Å². The van der Waals surface area contributed by atoms with E-state index in [-0.39, 0.29) is 6.42 Å². The summed E-state index contributed by atoms with van der Waals surface area (Å²) in [5, 5.41) is 14.4. The summed E-state index contributed by atoms with van der Waals surface area (Å²) < 4.78 is 10.6. The first kappa shape index (κ1) is 22.7. The van der Waals surface area contributed by atoms with Gasteiger partial charge in [-0.3, -0.25) is 4.79 Å². The van der Waals surface area contributed by atoms with Crippen molar-refractivity contribution < 1.29 is 24.2 Å². The molecule has 160 valence electrons. The van der Waals surface area contributed by atoms with E-state index in [1.807, 2.05) is 30.5 Å². The van der Waals surface area contributed by atoms with E-state index < -0.39 is 35.4 Å². The van der Waals surface area contributed by atoms with Gasteiger partial charge < -0.3 is 24.9 Å². The minimum Gasteiger partial charge on any atom is -0.460 e. The number of fused-ring (bicyclic) bond motifs is 1. The molecule has 1 amide bonds. The summed E-state index contributed by atoms with van der Waals surface area (Å²) in [7, 11) is 0. The number of esters is 1. The van der Waals surface area contributed by atoms with Crippen LogP contribution in [0.5, 0.6) is 0 Å². The van der Waals surface area contributed by atoms with Crippen LogP contribution >= 0.6 is 0 Å². The van der Waals surface area contributed by atoms with Crippen molar-refractivity contribution in [2.75, 3.05) is 0 Å². The van der Waals surface area contributed by atoms with Gasteiger partial charge in [0.15, 0.2) is 0 Å². The Hall–Kier alpha value is -2.54. The Morgan fingerprint density at radius 2 is 1.69 bits per heavy atom. The molecule has 0 unspecified atom stereocenters. The monoisotopic (exact) mass is 404 g/mol. The number of carbonyl (C=O) groups is 2. The molecule has 7 nitrogen and oxygen atoms in total. The molecule has 0 aliphatic carbocycles. The van der Waals surface area contributed by atoms with Gasteiger partial charge in [-0.15, -0.1) is 0 Å². The maximum atomic E-state index is 12.3. The summed E-state index contributed by atoms with van der Waals surface area (Å²) >= 11 is 0. The van der Waals surface area contributed by atoms with Crippen molar-refractivity contribution in [3.05, 3.63) is 36.0 Å². The predicted molar refractivity (Wildman–Crippen MR) is 112 cm³/mol. The second-order valence-electron chi connectivity index (χ2n) is 9.17. The molecule has 1 aromatic carbocycles. The van der Waals surface area contributed by atoms with Crippen LogP contribution in [-0.2, 0) is 20.7 Å². The molecule has 0 aliphatic rings. The fourth-order valence-corrected chi connectivity index (χ4v) is 2.98. The van der Waals surface area contributed by atoms with Crippen LogP contribution in [-0.4, -0.2) is 45.5 Å². The number of alkyl carbamates (subject to hydrolysis) is 1. The van der Waals surface area contributed by atoms with E-state index in [0.717, 1.165) is 16.5 Å². The zero-order valence-electron chi connectivity index (χ0n) is 18.0. The van der Waals surface area contributed by atoms with E-state index in [9.17, 15) is 14.7 Å². The number of ether oxygens (including phenoxy) is 2. The number of aromatic amines is 1. The van der Waals surface area contributed by atoms with Crippen molar-refractivity contribution in [1.29, 1.82) is 0 Å². The zero-order valence-corrected chi connectivity index (χ0v) is 18.0. The number of H-pyrrole nitrogens is 1. The lowest BCUT2D eigenvalue weighted by Crippen LogP contribution is -2.47. The molecule has 3 N–H and O–H groups in total. The number of aliphatic hydroxyl groups is 1. The van der Waals surface area contributed by atoms with E-state index in [2.05, 4.69) is 10.3 Å². The van der Waals surface area contributed by atoms with E-state index in [1.54, 1.807) is 41.5 Å². The number of rotatable bonds is 6. The predicted octanol–water partition coefficient (Wildman–Crippen LogP) is 3.70. The first-order valence-electron chi connectivity index (χ1n) is 9.78. The average molecular weight is 405 g/mol. The summed E-state index contributed by atoms with van der Waals surface area (Å²) in [6.07, 6.45) is 0.152. The number of aromatic nitrogens is 1. The molecule has 2 aromatic rings. The maximum Gasteiger partial charge on any atom is 0.407 e. The molecule has 29 heavy (non-hydrogen) atoms. The molecule has 2 atom stereocenters. The Morgan fingerprint density at radius 3 is 2.31 bits per heavy atom. The summed E-state index contributed by atoms with van der Waals surface area (Å²) in [6.45, 7) is 10.6. The fraction of sp³-hybridized carbons (Fsp3) is 0.545. The van der Waals surface area contributed by atoms with Gasteiger partial charge in [0.25, 0.3) is 0 Å². The third-order valence-electron chi connectivity index (χ3n) is 4.08. The standard InChI is InChI=1S/C22H32N2O5/c1-21(2,3)28-19(26)12-18(25)17(24-20(27)29-22(4,5)6)11-14-13-23-16-10-8-7-9-15(14)16/h7-10,13,17-18,23,25H,11-12H2,1-6H3,(H,24,27)/t17-,18-/m0/s1. The number of amides is 1. The van der Waals surface area contributed by atoms with Crippen LogP contribution in [0.2, 0.25) is 0 Å². The normalized spacial score (nSPS) is 14.3. The number of para-hydroxylation sites is 1. The fourth-order valence-electron chi connectivity index (χ4n) is 2.98. The van der Waals surface area contributed by atoms with Crippen molar-refractivity contribution in [2.24, 2.45) is 0 Å². The SMILES string of the molecule is CC(C)(C)OC(=O)C[C@H](O)[C@H](Cc1c[nH]c2ccccc12)NC(=O)OC(C)(C)C. The van der Waals surface area contributed by atoms with Crippen LogP contribution < -0.4 is 5.32 Å². The van der Waals surface area contributed by atoms with Crippen LogP contribution in [0.4, 0.5) is 4.79 Å². The highest BCUT2D eigenvalue weighted by atomic mass is 16.6. The van der Waals surface area contributed by atoms with Crippen molar-refractivity contribution in [1.82, 2.24) is 10.3 Å². The quantitative estimate of drug-likeness (QED) is 0.638. The lowest BCUT2D eigenvalue weighted by molar-refractivity contribution is -0.157. The highest BCUT2D eigenvalue weighted by molar-refractivity contribution is 5.83. The third-order valence-corrected chi connectivity index (χ3v) is 4.08. The van der Waals surface area contributed by atoms with Crippen molar-refractivity contribution in [3.63, 3.8) is 0 Å². The number of hydrogen-bond donors (Lipinski definition) is 3. The molecule has 0 spiro atoms. The Morgan fingerprint density at radius 1 is 1.07 bits per heavy atom. The molecule has 0 radical (unpaired) electrons. The van der Waals surface area contributed by atoms with Crippen molar-refractivity contribution in [3.8, 4) is 0 Å². The van der Waals surface area contributed by atoms with Crippen molar-refractivity contribution >= 4 is 23.0 Å². The van der Waals surface area contributed by atoms with Crippen LogP contribution in [0.1, 0.15) is 53.5 Å². The molecule has 1 aromatic heterocycles. The smallest absolute Gasteiger partial charge is 0.407 e. The number of nitrogens with one attached hydrogen (secondary N) is 2. The number of aliphatic hydroxyl groups excluding tert-OH is 1. The highest BCUT2D eigenvalue weighted by Gasteiger charge is 2.29. The molecule has 0 bridgehead atoms. The number of benzene rings is 1. The molecule has 1 heterocycles. The van der Waals surface area contributed by atoms with Gasteiger partial charge in [0.1, 0.15) is 11.2 Å². The van der Waals surface area contributed by atoms with E-state index in [4.69, 9.17) is 9.47 Å². The Balaban J connectivity index is 2.18. The van der Waals surface area contributed by atoms with E-state index >= 15 is 0 Å². The second kappa shape index (κ2) is 8.86. The summed E-state index contributed by atoms with van der Waals surface area (Å²) in [5.74, 6) is -0.528. The Kier molecular flexibility index (Phi) is 6.95. The lowest BCUT2D eigenvalue weighted by Gasteiger charge is -2.27. The van der Waals surface area contributed by atoms with E-state index in [1.165, 1.54) is 0 Å².